The van der Waals surface area contributed by atoms with Gasteiger partial charge in [0.05, 0.1) is 16.3 Å². The zero-order valence-electron chi connectivity index (χ0n) is 10.0. The summed E-state index contributed by atoms with van der Waals surface area (Å²) in [6, 6.07) is 7.08. The highest BCUT2D eigenvalue weighted by molar-refractivity contribution is 7.92. The molecule has 1 fully saturated rings. The van der Waals surface area contributed by atoms with Gasteiger partial charge in [-0.2, -0.15) is 0 Å². The van der Waals surface area contributed by atoms with Gasteiger partial charge in [0.1, 0.15) is 0 Å². The number of para-hydroxylation sites is 2. The van der Waals surface area contributed by atoms with Gasteiger partial charge >= 0.3 is 0 Å². The smallest absolute Gasteiger partial charge is 0.202 e. The number of fused-ring (bicyclic) bond motifs is 1. The third-order valence-corrected chi connectivity index (χ3v) is 5.70. The number of benzene rings is 1. The normalized spacial score (nSPS) is 19.9. The van der Waals surface area contributed by atoms with Gasteiger partial charge in [0.2, 0.25) is 9.84 Å². The standard InChI is InChI=1S/C12H12ClN3O2S/c13-11-12(19(17,18)8-5-6-14-7-8)16-10-4-2-1-3-9(10)15-11/h1-4,8,14H,5-7H2/t8-/m1/s1. The van der Waals surface area contributed by atoms with Crippen molar-refractivity contribution < 1.29 is 8.42 Å². The minimum atomic E-state index is -3.53. The Labute approximate surface area is 115 Å². The molecule has 1 saturated heterocycles. The number of hydrogen-bond donors (Lipinski definition) is 1. The largest absolute Gasteiger partial charge is 0.315 e. The van der Waals surface area contributed by atoms with Crippen LogP contribution < -0.4 is 5.32 Å². The van der Waals surface area contributed by atoms with E-state index >= 15 is 0 Å². The molecular weight excluding hydrogens is 286 g/mol. The summed E-state index contributed by atoms with van der Waals surface area (Å²) in [4.78, 5) is 8.30. The van der Waals surface area contributed by atoms with Crippen molar-refractivity contribution in [3.8, 4) is 0 Å². The summed E-state index contributed by atoms with van der Waals surface area (Å²) < 4.78 is 24.9. The Bertz CT molecular complexity index is 727. The molecule has 1 N–H and O–H groups in total. The van der Waals surface area contributed by atoms with Crippen LogP contribution in [0.3, 0.4) is 0 Å². The molecule has 19 heavy (non-hydrogen) atoms. The van der Waals surface area contributed by atoms with Crippen LogP contribution in [-0.4, -0.2) is 36.7 Å². The lowest BCUT2D eigenvalue weighted by Crippen LogP contribution is -2.25. The Morgan fingerprint density at radius 2 is 1.89 bits per heavy atom. The van der Waals surface area contributed by atoms with Crippen LogP contribution in [0.25, 0.3) is 11.0 Å². The van der Waals surface area contributed by atoms with Gasteiger partial charge in [-0.3, -0.25) is 0 Å². The second-order valence-corrected chi connectivity index (χ2v) is 6.97. The van der Waals surface area contributed by atoms with Crippen LogP contribution >= 0.6 is 11.6 Å². The molecule has 7 heteroatoms. The molecule has 1 aliphatic heterocycles. The van der Waals surface area contributed by atoms with E-state index in [9.17, 15) is 8.42 Å². The molecule has 0 amide bonds. The Hall–Kier alpha value is -1.24. The number of aromatic nitrogens is 2. The molecule has 1 aliphatic rings. The summed E-state index contributed by atoms with van der Waals surface area (Å²) in [7, 11) is -3.53. The summed E-state index contributed by atoms with van der Waals surface area (Å²) in [5.74, 6) is 0. The first kappa shape index (κ1) is 12.8. The Balaban J connectivity index is 2.16. The molecule has 0 saturated carbocycles. The van der Waals surface area contributed by atoms with E-state index in [1.165, 1.54) is 0 Å². The molecule has 0 radical (unpaired) electrons. The number of sulfone groups is 1. The van der Waals surface area contributed by atoms with Crippen LogP contribution in [0.5, 0.6) is 0 Å². The van der Waals surface area contributed by atoms with Crippen LogP contribution in [0.15, 0.2) is 29.3 Å². The predicted octanol–water partition coefficient (Wildman–Crippen LogP) is 1.42. The second kappa shape index (κ2) is 4.70. The summed E-state index contributed by atoms with van der Waals surface area (Å²) in [5.41, 5.74) is 1.13. The predicted molar refractivity (Wildman–Crippen MR) is 73.0 cm³/mol. The average molecular weight is 298 g/mol. The van der Waals surface area contributed by atoms with Crippen LogP contribution in [0.1, 0.15) is 6.42 Å². The fraction of sp³-hybridized carbons (Fsp3) is 0.333. The van der Waals surface area contributed by atoms with Crippen LogP contribution in [-0.2, 0) is 9.84 Å². The molecule has 0 aliphatic carbocycles. The maximum absolute atomic E-state index is 12.5. The van der Waals surface area contributed by atoms with Crippen molar-refractivity contribution in [2.45, 2.75) is 16.7 Å². The van der Waals surface area contributed by atoms with Gasteiger partial charge in [0, 0.05) is 6.54 Å². The van der Waals surface area contributed by atoms with Crippen molar-refractivity contribution in [1.29, 1.82) is 0 Å². The van der Waals surface area contributed by atoms with Gasteiger partial charge in [-0.25, -0.2) is 18.4 Å². The number of halogens is 1. The average Bonchev–Trinajstić information content (AvgIpc) is 2.92. The van der Waals surface area contributed by atoms with E-state index in [0.29, 0.717) is 30.5 Å². The van der Waals surface area contributed by atoms with Gasteiger partial charge in [-0.1, -0.05) is 23.7 Å². The maximum atomic E-state index is 12.5. The van der Waals surface area contributed by atoms with Crippen molar-refractivity contribution in [2.24, 2.45) is 0 Å². The van der Waals surface area contributed by atoms with Crippen molar-refractivity contribution in [2.75, 3.05) is 13.1 Å². The van der Waals surface area contributed by atoms with E-state index in [-0.39, 0.29) is 10.2 Å². The number of rotatable bonds is 2. The van der Waals surface area contributed by atoms with Crippen molar-refractivity contribution in [3.05, 3.63) is 29.4 Å². The first-order valence-electron chi connectivity index (χ1n) is 5.96. The third-order valence-electron chi connectivity index (χ3n) is 3.22. The van der Waals surface area contributed by atoms with Gasteiger partial charge in [-0.15, -0.1) is 0 Å². The molecule has 3 rings (SSSR count). The van der Waals surface area contributed by atoms with Gasteiger partial charge in [0.15, 0.2) is 10.2 Å². The zero-order chi connectivity index (χ0) is 13.5. The van der Waals surface area contributed by atoms with E-state index in [4.69, 9.17) is 11.6 Å². The lowest BCUT2D eigenvalue weighted by molar-refractivity contribution is 0.579. The molecular formula is C12H12ClN3O2S. The van der Waals surface area contributed by atoms with E-state index in [1.807, 2.05) is 6.07 Å². The highest BCUT2D eigenvalue weighted by atomic mass is 35.5. The van der Waals surface area contributed by atoms with Crippen LogP contribution in [0.4, 0.5) is 0 Å². The molecule has 2 aromatic rings. The first-order chi connectivity index (χ1) is 9.09. The molecule has 100 valence electrons. The molecule has 1 aromatic carbocycles. The molecule has 1 atom stereocenters. The lowest BCUT2D eigenvalue weighted by atomic mass is 10.3. The summed E-state index contributed by atoms with van der Waals surface area (Å²) >= 11 is 5.99. The van der Waals surface area contributed by atoms with Crippen molar-refractivity contribution >= 4 is 32.5 Å². The molecule has 0 bridgehead atoms. The summed E-state index contributed by atoms with van der Waals surface area (Å²) in [5, 5.41) is 2.40. The van der Waals surface area contributed by atoms with Crippen LogP contribution in [0.2, 0.25) is 5.15 Å². The molecule has 5 nitrogen and oxygen atoms in total. The fourth-order valence-electron chi connectivity index (χ4n) is 2.19. The Kier molecular flexibility index (Phi) is 3.16. The molecule has 0 unspecified atom stereocenters. The fourth-order valence-corrected chi connectivity index (χ4v) is 4.24. The Morgan fingerprint density at radius 3 is 2.53 bits per heavy atom. The number of nitrogens with zero attached hydrogens (tertiary/aromatic N) is 2. The topological polar surface area (TPSA) is 72.0 Å². The summed E-state index contributed by atoms with van der Waals surface area (Å²) in [6.07, 6.45) is 0.577. The van der Waals surface area contributed by atoms with Gasteiger partial charge < -0.3 is 5.32 Å². The zero-order valence-corrected chi connectivity index (χ0v) is 11.6. The van der Waals surface area contributed by atoms with E-state index in [2.05, 4.69) is 15.3 Å². The van der Waals surface area contributed by atoms with E-state index in [1.54, 1.807) is 18.2 Å². The number of hydrogen-bond acceptors (Lipinski definition) is 5. The highest BCUT2D eigenvalue weighted by Gasteiger charge is 2.33. The Morgan fingerprint density at radius 1 is 1.21 bits per heavy atom. The van der Waals surface area contributed by atoms with E-state index in [0.717, 1.165) is 0 Å². The van der Waals surface area contributed by atoms with E-state index < -0.39 is 15.1 Å². The second-order valence-electron chi connectivity index (χ2n) is 4.47. The number of nitrogens with one attached hydrogen (secondary N) is 1. The monoisotopic (exact) mass is 297 g/mol. The lowest BCUT2D eigenvalue weighted by Gasteiger charge is -2.11. The highest BCUT2D eigenvalue weighted by Crippen LogP contribution is 2.26. The maximum Gasteiger partial charge on any atom is 0.202 e. The molecule has 0 spiro atoms. The minimum absolute atomic E-state index is 0.0504. The van der Waals surface area contributed by atoms with Gasteiger partial charge in [-0.05, 0) is 25.1 Å². The SMILES string of the molecule is O=S(=O)(c1nc2ccccc2nc1Cl)[C@@H]1CCNC1. The third kappa shape index (κ3) is 2.20. The van der Waals surface area contributed by atoms with Crippen molar-refractivity contribution in [3.63, 3.8) is 0 Å². The summed E-state index contributed by atoms with van der Waals surface area (Å²) in [6.45, 7) is 1.13. The molecule has 2 heterocycles. The first-order valence-corrected chi connectivity index (χ1v) is 7.88. The molecule has 1 aromatic heterocycles. The van der Waals surface area contributed by atoms with Crippen LogP contribution in [0, 0.1) is 0 Å². The quantitative estimate of drug-likeness (QED) is 0.907. The van der Waals surface area contributed by atoms with Crippen molar-refractivity contribution in [1.82, 2.24) is 15.3 Å². The minimum Gasteiger partial charge on any atom is -0.315 e. The van der Waals surface area contributed by atoms with Gasteiger partial charge in [0.25, 0.3) is 0 Å².